The smallest absolute Gasteiger partial charge is 0.138 e. The minimum atomic E-state index is 0.535. The summed E-state index contributed by atoms with van der Waals surface area (Å²) < 4.78 is 1.88. The second kappa shape index (κ2) is 5.79. The molecule has 6 nitrogen and oxygen atoms in total. The first kappa shape index (κ1) is 14.4. The van der Waals surface area contributed by atoms with Gasteiger partial charge in [-0.2, -0.15) is 0 Å². The van der Waals surface area contributed by atoms with Crippen molar-refractivity contribution in [2.45, 2.75) is 19.5 Å². The summed E-state index contributed by atoms with van der Waals surface area (Å²) in [7, 11) is 2.11. The Morgan fingerprint density at radius 1 is 1.30 bits per heavy atom. The van der Waals surface area contributed by atoms with Crippen LogP contribution in [0.5, 0.6) is 0 Å². The highest BCUT2D eigenvalue weighted by molar-refractivity contribution is 6.30. The lowest BCUT2D eigenvalue weighted by Gasteiger charge is -2.25. The number of nitrogens with zero attached hydrogens (tertiary/aromatic N) is 5. The van der Waals surface area contributed by atoms with Gasteiger partial charge in [-0.25, -0.2) is 15.0 Å². The largest absolute Gasteiger partial charge is 0.364 e. The zero-order chi connectivity index (χ0) is 15.8. The number of pyridine rings is 1. The van der Waals surface area contributed by atoms with E-state index in [1.165, 1.54) is 5.56 Å². The molecule has 118 valence electrons. The van der Waals surface area contributed by atoms with Crippen molar-refractivity contribution in [1.29, 1.82) is 0 Å². The Morgan fingerprint density at radius 3 is 3.09 bits per heavy atom. The van der Waals surface area contributed by atoms with Crippen molar-refractivity contribution in [3.63, 3.8) is 0 Å². The first-order valence-electron chi connectivity index (χ1n) is 7.59. The maximum atomic E-state index is 6.41. The first-order chi connectivity index (χ1) is 11.2. The Morgan fingerprint density at radius 2 is 2.22 bits per heavy atom. The molecule has 3 aromatic heterocycles. The number of hydrogen-bond donors (Lipinski definition) is 1. The van der Waals surface area contributed by atoms with Gasteiger partial charge in [0.15, 0.2) is 0 Å². The number of likely N-dealkylation sites (N-methyl/N-ethyl adjacent to an activating group) is 1. The van der Waals surface area contributed by atoms with Crippen LogP contribution in [-0.4, -0.2) is 37.8 Å². The van der Waals surface area contributed by atoms with E-state index in [9.17, 15) is 0 Å². The highest BCUT2D eigenvalue weighted by Gasteiger charge is 2.19. The van der Waals surface area contributed by atoms with E-state index in [0.29, 0.717) is 11.7 Å². The molecule has 0 saturated heterocycles. The van der Waals surface area contributed by atoms with Crippen LogP contribution in [0.15, 0.2) is 30.7 Å². The van der Waals surface area contributed by atoms with E-state index < -0.39 is 0 Å². The molecule has 4 rings (SSSR count). The van der Waals surface area contributed by atoms with Gasteiger partial charge in [-0.15, -0.1) is 0 Å². The van der Waals surface area contributed by atoms with Crippen molar-refractivity contribution in [2.75, 3.05) is 18.9 Å². The summed E-state index contributed by atoms with van der Waals surface area (Å²) in [6.07, 6.45) is 4.49. The number of fused-ring (bicyclic) bond motifs is 2. The summed E-state index contributed by atoms with van der Waals surface area (Å²) in [6, 6.07) is 5.83. The Hall–Kier alpha value is -2.18. The zero-order valence-corrected chi connectivity index (χ0v) is 13.6. The fourth-order valence-electron chi connectivity index (χ4n) is 2.92. The quantitative estimate of drug-likeness (QED) is 0.800. The molecule has 0 fully saturated rings. The fourth-order valence-corrected chi connectivity index (χ4v) is 3.18. The average Bonchev–Trinajstić information content (AvgIpc) is 2.89. The van der Waals surface area contributed by atoms with Gasteiger partial charge in [0.1, 0.15) is 22.9 Å². The molecule has 0 aromatic carbocycles. The minimum absolute atomic E-state index is 0.535. The number of hydrogen-bond acceptors (Lipinski definition) is 5. The zero-order valence-electron chi connectivity index (χ0n) is 12.8. The lowest BCUT2D eigenvalue weighted by Crippen LogP contribution is -2.28. The van der Waals surface area contributed by atoms with Gasteiger partial charge in [0.05, 0.1) is 17.9 Å². The monoisotopic (exact) mass is 328 g/mol. The lowest BCUT2D eigenvalue weighted by atomic mass is 10.1. The molecule has 0 aliphatic carbocycles. The summed E-state index contributed by atoms with van der Waals surface area (Å²) >= 11 is 6.41. The van der Waals surface area contributed by atoms with Gasteiger partial charge in [-0.3, -0.25) is 4.40 Å². The normalized spacial score (nSPS) is 14.9. The summed E-state index contributed by atoms with van der Waals surface area (Å²) in [4.78, 5) is 15.6. The topological polar surface area (TPSA) is 58.4 Å². The first-order valence-corrected chi connectivity index (χ1v) is 7.97. The Kier molecular flexibility index (Phi) is 3.63. The van der Waals surface area contributed by atoms with Crippen molar-refractivity contribution in [3.05, 3.63) is 52.8 Å². The number of halogens is 1. The van der Waals surface area contributed by atoms with Gasteiger partial charge in [-0.05, 0) is 19.2 Å². The number of nitrogens with one attached hydrogen (secondary N) is 1. The molecule has 0 saturated carbocycles. The highest BCUT2D eigenvalue weighted by atomic mass is 35.5. The SMILES string of the molecule is CN1CCc2ncnc(NCc3nc4ccccn4c3Cl)c2C1. The van der Waals surface area contributed by atoms with Gasteiger partial charge >= 0.3 is 0 Å². The maximum Gasteiger partial charge on any atom is 0.138 e. The van der Waals surface area contributed by atoms with Crippen LogP contribution in [0.3, 0.4) is 0 Å². The molecule has 7 heteroatoms. The molecule has 0 radical (unpaired) electrons. The third-order valence-electron chi connectivity index (χ3n) is 4.15. The summed E-state index contributed by atoms with van der Waals surface area (Å²) in [5.74, 6) is 0.870. The molecule has 1 aliphatic heterocycles. The third kappa shape index (κ3) is 2.64. The molecule has 4 heterocycles. The van der Waals surface area contributed by atoms with Crippen molar-refractivity contribution in [3.8, 4) is 0 Å². The van der Waals surface area contributed by atoms with E-state index in [2.05, 4.69) is 32.2 Å². The van der Waals surface area contributed by atoms with E-state index >= 15 is 0 Å². The van der Waals surface area contributed by atoms with E-state index in [4.69, 9.17) is 11.6 Å². The molecule has 3 aromatic rings. The van der Waals surface area contributed by atoms with Gasteiger partial charge in [0, 0.05) is 31.3 Å². The summed E-state index contributed by atoms with van der Waals surface area (Å²) in [5.41, 5.74) is 3.95. The van der Waals surface area contributed by atoms with Crippen molar-refractivity contribution < 1.29 is 0 Å². The average molecular weight is 329 g/mol. The molecule has 1 aliphatic rings. The van der Waals surface area contributed by atoms with Crippen LogP contribution >= 0.6 is 11.6 Å². The molecule has 0 atom stereocenters. The molecule has 0 amide bonds. The number of rotatable bonds is 3. The molecule has 23 heavy (non-hydrogen) atoms. The predicted molar refractivity (Wildman–Crippen MR) is 89.6 cm³/mol. The predicted octanol–water partition coefficient (Wildman–Crippen LogP) is 2.38. The Labute approximate surface area is 139 Å². The molecule has 0 bridgehead atoms. The summed E-state index contributed by atoms with van der Waals surface area (Å²) in [5, 5.41) is 4.01. The van der Waals surface area contributed by atoms with Crippen LogP contribution in [0, 0.1) is 0 Å². The van der Waals surface area contributed by atoms with E-state index in [-0.39, 0.29) is 0 Å². The van der Waals surface area contributed by atoms with Gasteiger partial charge in [0.25, 0.3) is 0 Å². The second-order valence-electron chi connectivity index (χ2n) is 5.77. The van der Waals surface area contributed by atoms with Gasteiger partial charge in [-0.1, -0.05) is 17.7 Å². The standard InChI is InChI=1S/C16H17ClN6/c1-22-7-5-12-11(9-22)16(20-10-19-12)18-8-13-15(17)23-6-3-2-4-14(23)21-13/h2-4,6,10H,5,7-9H2,1H3,(H,18,19,20). The maximum absolute atomic E-state index is 6.41. The molecule has 1 N–H and O–H groups in total. The van der Waals surface area contributed by atoms with Crippen LogP contribution in [0.4, 0.5) is 5.82 Å². The van der Waals surface area contributed by atoms with Gasteiger partial charge < -0.3 is 10.2 Å². The van der Waals surface area contributed by atoms with Crippen molar-refractivity contribution in [1.82, 2.24) is 24.3 Å². The summed E-state index contributed by atoms with van der Waals surface area (Å²) in [6.45, 7) is 2.42. The van der Waals surface area contributed by atoms with E-state index in [1.807, 2.05) is 28.8 Å². The van der Waals surface area contributed by atoms with Crippen LogP contribution < -0.4 is 5.32 Å². The van der Waals surface area contributed by atoms with Crippen molar-refractivity contribution >= 4 is 23.1 Å². The second-order valence-corrected chi connectivity index (χ2v) is 6.13. The van der Waals surface area contributed by atoms with Gasteiger partial charge in [0.2, 0.25) is 0 Å². The van der Waals surface area contributed by atoms with E-state index in [1.54, 1.807) is 6.33 Å². The van der Waals surface area contributed by atoms with Crippen LogP contribution in [0.1, 0.15) is 17.0 Å². The molecule has 0 spiro atoms. The third-order valence-corrected chi connectivity index (χ3v) is 4.55. The fraction of sp³-hybridized carbons (Fsp3) is 0.312. The Balaban J connectivity index is 1.60. The van der Waals surface area contributed by atoms with Crippen LogP contribution in [0.25, 0.3) is 5.65 Å². The van der Waals surface area contributed by atoms with Crippen LogP contribution in [-0.2, 0) is 19.5 Å². The van der Waals surface area contributed by atoms with E-state index in [0.717, 1.165) is 42.4 Å². The lowest BCUT2D eigenvalue weighted by molar-refractivity contribution is 0.310. The van der Waals surface area contributed by atoms with Crippen LogP contribution in [0.2, 0.25) is 5.15 Å². The minimum Gasteiger partial charge on any atom is -0.364 e. The Bertz CT molecular complexity index is 859. The number of aromatic nitrogens is 4. The molecule has 0 unspecified atom stereocenters. The van der Waals surface area contributed by atoms with Crippen molar-refractivity contribution in [2.24, 2.45) is 0 Å². The number of anilines is 1. The highest BCUT2D eigenvalue weighted by Crippen LogP contribution is 2.24. The number of imidazole rings is 1. The molecular weight excluding hydrogens is 312 g/mol. The molecular formula is C16H17ClN6.